The first kappa shape index (κ1) is 19.0. The second-order valence-electron chi connectivity index (χ2n) is 7.57. The summed E-state index contributed by atoms with van der Waals surface area (Å²) in [6, 6.07) is 6.87. The molecule has 2 fully saturated rings. The molecule has 5 heteroatoms. The molecule has 2 aliphatic rings. The van der Waals surface area contributed by atoms with Crippen molar-refractivity contribution in [1.82, 2.24) is 10.6 Å². The molecule has 2 saturated carbocycles. The maximum absolute atomic E-state index is 12.5. The van der Waals surface area contributed by atoms with Crippen molar-refractivity contribution in [1.29, 1.82) is 0 Å². The van der Waals surface area contributed by atoms with Gasteiger partial charge in [-0.15, -0.1) is 0 Å². The van der Waals surface area contributed by atoms with Crippen molar-refractivity contribution < 1.29 is 14.3 Å². The van der Waals surface area contributed by atoms with Crippen LogP contribution < -0.4 is 20.1 Å². The number of rotatable bonds is 7. The van der Waals surface area contributed by atoms with Crippen LogP contribution in [0, 0.1) is 0 Å². The molecule has 0 aromatic heterocycles. The van der Waals surface area contributed by atoms with Gasteiger partial charge in [-0.3, -0.25) is 4.79 Å². The van der Waals surface area contributed by atoms with Gasteiger partial charge < -0.3 is 20.1 Å². The fourth-order valence-electron chi connectivity index (χ4n) is 4.07. The number of carbonyl (C=O) groups excluding carboxylic acids is 1. The highest BCUT2D eigenvalue weighted by atomic mass is 16.5. The van der Waals surface area contributed by atoms with Gasteiger partial charge in [0.2, 0.25) is 5.91 Å². The molecule has 1 amide bonds. The van der Waals surface area contributed by atoms with Crippen LogP contribution >= 0.6 is 0 Å². The second-order valence-corrected chi connectivity index (χ2v) is 7.57. The van der Waals surface area contributed by atoms with Crippen molar-refractivity contribution in [2.24, 2.45) is 0 Å². The normalized spacial score (nSPS) is 23.6. The lowest BCUT2D eigenvalue weighted by molar-refractivity contribution is -0.122. The molecule has 0 aliphatic heterocycles. The Bertz CT molecular complexity index is 597. The maximum atomic E-state index is 12.5. The Hall–Kier alpha value is -1.75. The Labute approximate surface area is 156 Å². The molecule has 1 aromatic carbocycles. The molecule has 0 unspecified atom stereocenters. The zero-order valence-corrected chi connectivity index (χ0v) is 16.1. The van der Waals surface area contributed by atoms with Crippen LogP contribution in [0.15, 0.2) is 18.2 Å². The van der Waals surface area contributed by atoms with E-state index in [9.17, 15) is 4.79 Å². The monoisotopic (exact) mass is 360 g/mol. The number of amides is 1. The first-order chi connectivity index (χ1) is 12.7. The van der Waals surface area contributed by atoms with E-state index in [0.717, 1.165) is 29.9 Å². The molecule has 144 valence electrons. The SMILES string of the molecule is COc1ccc(OC)c(CC(=O)N[C@@H]2CC[C@@H]2NC2CCCCCC2)c1. The fraction of sp³-hybridized carbons (Fsp3) is 0.667. The predicted molar refractivity (Wildman–Crippen MR) is 103 cm³/mol. The minimum atomic E-state index is 0.0499. The number of ether oxygens (including phenoxy) is 2. The highest BCUT2D eigenvalue weighted by Crippen LogP contribution is 2.26. The lowest BCUT2D eigenvalue weighted by Gasteiger charge is -2.40. The highest BCUT2D eigenvalue weighted by Gasteiger charge is 2.33. The molecule has 26 heavy (non-hydrogen) atoms. The smallest absolute Gasteiger partial charge is 0.224 e. The number of benzene rings is 1. The van der Waals surface area contributed by atoms with Gasteiger partial charge in [0.1, 0.15) is 11.5 Å². The van der Waals surface area contributed by atoms with Gasteiger partial charge in [0.25, 0.3) is 0 Å². The Morgan fingerprint density at radius 3 is 2.35 bits per heavy atom. The van der Waals surface area contributed by atoms with E-state index in [4.69, 9.17) is 9.47 Å². The number of nitrogens with one attached hydrogen (secondary N) is 2. The Morgan fingerprint density at radius 2 is 1.73 bits per heavy atom. The molecule has 0 bridgehead atoms. The van der Waals surface area contributed by atoms with Gasteiger partial charge in [0, 0.05) is 23.7 Å². The average Bonchev–Trinajstić information content (AvgIpc) is 2.92. The van der Waals surface area contributed by atoms with E-state index in [1.807, 2.05) is 18.2 Å². The number of carbonyl (C=O) groups is 1. The van der Waals surface area contributed by atoms with Crippen LogP contribution in [0.25, 0.3) is 0 Å². The first-order valence-corrected chi connectivity index (χ1v) is 9.96. The van der Waals surface area contributed by atoms with Crippen LogP contribution in [-0.2, 0) is 11.2 Å². The third kappa shape index (κ3) is 4.91. The standard InChI is InChI=1S/C21H32N2O3/c1-25-17-9-12-20(26-2)15(13-17)14-21(24)23-19-11-10-18(19)22-16-7-5-3-4-6-8-16/h9,12-13,16,18-19,22H,3-8,10-11,14H2,1-2H3,(H,23,24)/t18-,19+/m0/s1. The zero-order chi connectivity index (χ0) is 18.4. The van der Waals surface area contributed by atoms with Gasteiger partial charge in [0.15, 0.2) is 0 Å². The van der Waals surface area contributed by atoms with E-state index in [2.05, 4.69) is 10.6 Å². The fourth-order valence-corrected chi connectivity index (χ4v) is 4.07. The summed E-state index contributed by atoms with van der Waals surface area (Å²) in [4.78, 5) is 12.5. The summed E-state index contributed by atoms with van der Waals surface area (Å²) in [5.41, 5.74) is 0.858. The third-order valence-corrected chi connectivity index (χ3v) is 5.76. The summed E-state index contributed by atoms with van der Waals surface area (Å²) in [5, 5.41) is 7.01. The molecule has 3 rings (SSSR count). The van der Waals surface area contributed by atoms with E-state index in [-0.39, 0.29) is 11.9 Å². The molecule has 0 radical (unpaired) electrons. The lowest BCUT2D eigenvalue weighted by atomic mass is 9.85. The van der Waals surface area contributed by atoms with Gasteiger partial charge in [-0.1, -0.05) is 25.7 Å². The van der Waals surface area contributed by atoms with Gasteiger partial charge in [0.05, 0.1) is 20.6 Å². The van der Waals surface area contributed by atoms with Gasteiger partial charge in [-0.2, -0.15) is 0 Å². The Balaban J connectivity index is 1.51. The number of hydrogen-bond donors (Lipinski definition) is 2. The summed E-state index contributed by atoms with van der Waals surface area (Å²) in [6.07, 6.45) is 10.5. The van der Waals surface area contributed by atoms with Crippen LogP contribution in [0.5, 0.6) is 11.5 Å². The van der Waals surface area contributed by atoms with Gasteiger partial charge >= 0.3 is 0 Å². The van der Waals surface area contributed by atoms with E-state index in [0.29, 0.717) is 18.5 Å². The van der Waals surface area contributed by atoms with Crippen molar-refractivity contribution in [2.75, 3.05) is 14.2 Å². The molecular weight excluding hydrogens is 328 g/mol. The van der Waals surface area contributed by atoms with Crippen molar-refractivity contribution in [2.45, 2.75) is 75.9 Å². The van der Waals surface area contributed by atoms with Gasteiger partial charge in [-0.25, -0.2) is 0 Å². The predicted octanol–water partition coefficient (Wildman–Crippen LogP) is 3.21. The molecule has 2 atom stereocenters. The summed E-state index contributed by atoms with van der Waals surface area (Å²) >= 11 is 0. The number of methoxy groups -OCH3 is 2. The second kappa shape index (κ2) is 9.26. The topological polar surface area (TPSA) is 59.6 Å². The van der Waals surface area contributed by atoms with E-state index in [1.54, 1.807) is 14.2 Å². The summed E-state index contributed by atoms with van der Waals surface area (Å²) < 4.78 is 10.6. The maximum Gasteiger partial charge on any atom is 0.224 e. The molecule has 2 aliphatic carbocycles. The molecule has 1 aromatic rings. The molecule has 0 saturated heterocycles. The summed E-state index contributed by atoms with van der Waals surface area (Å²) in [6.45, 7) is 0. The molecule has 0 heterocycles. The van der Waals surface area contributed by atoms with E-state index >= 15 is 0 Å². The number of hydrogen-bond acceptors (Lipinski definition) is 4. The van der Waals surface area contributed by atoms with Crippen LogP contribution in [0.3, 0.4) is 0 Å². The van der Waals surface area contributed by atoms with Crippen LogP contribution in [0.1, 0.15) is 56.9 Å². The van der Waals surface area contributed by atoms with Gasteiger partial charge in [-0.05, 0) is 43.9 Å². The van der Waals surface area contributed by atoms with Crippen LogP contribution in [0.2, 0.25) is 0 Å². The van der Waals surface area contributed by atoms with Crippen molar-refractivity contribution in [3.05, 3.63) is 23.8 Å². The molecular formula is C21H32N2O3. The minimum absolute atomic E-state index is 0.0499. The highest BCUT2D eigenvalue weighted by molar-refractivity contribution is 5.80. The average molecular weight is 360 g/mol. The Morgan fingerprint density at radius 1 is 1.00 bits per heavy atom. The van der Waals surface area contributed by atoms with E-state index in [1.165, 1.54) is 38.5 Å². The first-order valence-electron chi connectivity index (χ1n) is 9.96. The minimum Gasteiger partial charge on any atom is -0.497 e. The van der Waals surface area contributed by atoms with Crippen molar-refractivity contribution in [3.63, 3.8) is 0 Å². The zero-order valence-electron chi connectivity index (χ0n) is 16.1. The van der Waals surface area contributed by atoms with E-state index < -0.39 is 0 Å². The largest absolute Gasteiger partial charge is 0.497 e. The van der Waals surface area contributed by atoms with Crippen molar-refractivity contribution >= 4 is 5.91 Å². The molecule has 5 nitrogen and oxygen atoms in total. The van der Waals surface area contributed by atoms with Crippen molar-refractivity contribution in [3.8, 4) is 11.5 Å². The molecule has 2 N–H and O–H groups in total. The Kier molecular flexibility index (Phi) is 6.78. The summed E-state index contributed by atoms with van der Waals surface area (Å²) in [5.74, 6) is 1.52. The van der Waals surface area contributed by atoms with Crippen LogP contribution in [0.4, 0.5) is 0 Å². The van der Waals surface area contributed by atoms with Crippen LogP contribution in [-0.4, -0.2) is 38.3 Å². The lowest BCUT2D eigenvalue weighted by Crippen LogP contribution is -2.59. The quantitative estimate of drug-likeness (QED) is 0.733. The molecule has 0 spiro atoms. The third-order valence-electron chi connectivity index (χ3n) is 5.76. The summed E-state index contributed by atoms with van der Waals surface area (Å²) in [7, 11) is 3.26.